The van der Waals surface area contributed by atoms with Crippen molar-refractivity contribution in [3.63, 3.8) is 0 Å². The standard InChI is InChI=1S/C26H31FN2O3S.ClH/c1-2-26(19-9-20(27)11-21(10-19)28-33(31,32)22-7-8-22)23-14-29(15-24(23)26)16-25(30)12-17-5-3-4-6-18(17)13-25;/h3-6,9-11,22-24,28,30H,2,7-8,12-16H2,1H3;1H/t23-,24+,26?;. The molecule has 2 saturated carbocycles. The molecule has 0 amide bonds. The number of fused-ring (bicyclic) bond motifs is 2. The van der Waals surface area contributed by atoms with Crippen molar-refractivity contribution in [3.05, 3.63) is 65.0 Å². The van der Waals surface area contributed by atoms with Gasteiger partial charge in [0, 0.05) is 37.9 Å². The van der Waals surface area contributed by atoms with Crippen LogP contribution >= 0.6 is 12.4 Å². The second-order valence-corrected chi connectivity index (χ2v) is 12.7. The van der Waals surface area contributed by atoms with E-state index in [2.05, 4.69) is 28.7 Å². The van der Waals surface area contributed by atoms with Gasteiger partial charge >= 0.3 is 0 Å². The van der Waals surface area contributed by atoms with Gasteiger partial charge in [0.25, 0.3) is 0 Å². The average molecular weight is 507 g/mol. The van der Waals surface area contributed by atoms with Crippen molar-refractivity contribution in [2.24, 2.45) is 11.8 Å². The van der Waals surface area contributed by atoms with Gasteiger partial charge in [-0.2, -0.15) is 0 Å². The predicted molar refractivity (Wildman–Crippen MR) is 133 cm³/mol. The molecule has 5 nitrogen and oxygen atoms in total. The van der Waals surface area contributed by atoms with E-state index in [1.165, 1.54) is 17.2 Å². The van der Waals surface area contributed by atoms with Crippen molar-refractivity contribution in [1.29, 1.82) is 0 Å². The van der Waals surface area contributed by atoms with Crippen molar-refractivity contribution in [3.8, 4) is 0 Å². The third kappa shape index (κ3) is 3.94. The lowest BCUT2D eigenvalue weighted by molar-refractivity contribution is 0.0139. The third-order valence-electron chi connectivity index (χ3n) is 8.53. The minimum atomic E-state index is -3.43. The Morgan fingerprint density at radius 1 is 1.09 bits per heavy atom. The highest BCUT2D eigenvalue weighted by Gasteiger charge is 2.67. The highest BCUT2D eigenvalue weighted by Crippen LogP contribution is 2.65. The molecule has 2 N–H and O–H groups in total. The van der Waals surface area contributed by atoms with Crippen LogP contribution in [0.4, 0.5) is 10.1 Å². The van der Waals surface area contributed by atoms with Crippen LogP contribution in [0.15, 0.2) is 42.5 Å². The number of anilines is 1. The number of benzene rings is 2. The maximum Gasteiger partial charge on any atom is 0.235 e. The first-order chi connectivity index (χ1) is 15.7. The Hall–Kier alpha value is -1.67. The molecule has 184 valence electrons. The second kappa shape index (κ2) is 8.19. The number of β-amino-alcohol motifs (C(OH)–C–C–N with tert-alkyl or cyclic N) is 1. The fourth-order valence-electron chi connectivity index (χ4n) is 6.85. The summed E-state index contributed by atoms with van der Waals surface area (Å²) in [5.41, 5.74) is 2.90. The highest BCUT2D eigenvalue weighted by atomic mass is 35.5. The van der Waals surface area contributed by atoms with Gasteiger partial charge in [-0.25, -0.2) is 12.8 Å². The zero-order valence-corrected chi connectivity index (χ0v) is 21.0. The van der Waals surface area contributed by atoms with Gasteiger partial charge in [0.15, 0.2) is 0 Å². The number of sulfonamides is 1. The number of nitrogens with zero attached hydrogens (tertiary/aromatic N) is 1. The molecular weight excluding hydrogens is 475 g/mol. The molecule has 34 heavy (non-hydrogen) atoms. The molecule has 8 heteroatoms. The number of aliphatic hydroxyl groups is 1. The summed E-state index contributed by atoms with van der Waals surface area (Å²) in [5.74, 6) is 0.419. The van der Waals surface area contributed by atoms with Gasteiger partial charge in [0.2, 0.25) is 10.0 Å². The minimum Gasteiger partial charge on any atom is -0.388 e. The molecule has 0 bridgehead atoms. The van der Waals surface area contributed by atoms with Crippen LogP contribution in [0.25, 0.3) is 0 Å². The SMILES string of the molecule is CCC1(c2cc(F)cc(NS(=O)(=O)C3CC3)c2)[C@@H]2CN(CC3(O)Cc4ccccc4C3)C[C@@H]21.Cl. The molecule has 0 aromatic heterocycles. The highest BCUT2D eigenvalue weighted by molar-refractivity contribution is 7.93. The number of rotatable bonds is 7. The van der Waals surface area contributed by atoms with Crippen LogP contribution in [-0.4, -0.2) is 48.9 Å². The third-order valence-corrected chi connectivity index (χ3v) is 10.4. The van der Waals surface area contributed by atoms with Crippen LogP contribution in [0.3, 0.4) is 0 Å². The smallest absolute Gasteiger partial charge is 0.235 e. The van der Waals surface area contributed by atoms with E-state index in [0.717, 1.165) is 25.1 Å². The normalized spacial score (nSPS) is 29.3. The topological polar surface area (TPSA) is 69.6 Å². The lowest BCUT2D eigenvalue weighted by atomic mass is 9.87. The summed E-state index contributed by atoms with van der Waals surface area (Å²) in [5, 5.41) is 10.9. The van der Waals surface area contributed by atoms with Crippen LogP contribution in [0, 0.1) is 17.7 Å². The zero-order chi connectivity index (χ0) is 23.0. The average Bonchev–Trinajstić information content (AvgIpc) is 3.62. The van der Waals surface area contributed by atoms with Crippen LogP contribution in [0.2, 0.25) is 0 Å². The van der Waals surface area contributed by atoms with E-state index in [1.54, 1.807) is 6.07 Å². The van der Waals surface area contributed by atoms with Crippen LogP contribution in [-0.2, 0) is 28.3 Å². The monoisotopic (exact) mass is 506 g/mol. The lowest BCUT2D eigenvalue weighted by Gasteiger charge is -2.32. The van der Waals surface area contributed by atoms with E-state index in [1.807, 2.05) is 18.2 Å². The molecule has 4 aliphatic rings. The lowest BCUT2D eigenvalue weighted by Crippen LogP contribution is -2.45. The molecule has 2 aromatic rings. The van der Waals surface area contributed by atoms with E-state index in [0.29, 0.717) is 49.8 Å². The van der Waals surface area contributed by atoms with E-state index < -0.39 is 21.4 Å². The van der Waals surface area contributed by atoms with Crippen LogP contribution < -0.4 is 4.72 Å². The number of nitrogens with one attached hydrogen (secondary N) is 1. The number of piperidine rings is 1. The summed E-state index contributed by atoms with van der Waals surface area (Å²) < 4.78 is 41.9. The molecular formula is C26H32ClFN2O3S. The quantitative estimate of drug-likeness (QED) is 0.597. The summed E-state index contributed by atoms with van der Waals surface area (Å²) in [7, 11) is -3.43. The molecule has 1 saturated heterocycles. The largest absolute Gasteiger partial charge is 0.388 e. The molecule has 3 atom stereocenters. The van der Waals surface area contributed by atoms with Crippen molar-refractivity contribution < 1.29 is 17.9 Å². The van der Waals surface area contributed by atoms with Crippen LogP contribution in [0.5, 0.6) is 0 Å². The summed E-state index contributed by atoms with van der Waals surface area (Å²) in [4.78, 5) is 2.37. The first-order valence-electron chi connectivity index (χ1n) is 12.1. The van der Waals surface area contributed by atoms with Gasteiger partial charge in [-0.15, -0.1) is 12.4 Å². The Morgan fingerprint density at radius 2 is 1.71 bits per heavy atom. The van der Waals surface area contributed by atoms with Gasteiger partial charge < -0.3 is 5.11 Å². The number of halogens is 2. The number of likely N-dealkylation sites (tertiary alicyclic amines) is 1. The van der Waals surface area contributed by atoms with Crippen molar-refractivity contribution >= 4 is 28.1 Å². The first kappa shape index (κ1) is 24.0. The van der Waals surface area contributed by atoms with E-state index in [9.17, 15) is 17.9 Å². The first-order valence-corrected chi connectivity index (χ1v) is 13.6. The van der Waals surface area contributed by atoms with Gasteiger partial charge in [-0.1, -0.05) is 31.2 Å². The molecule has 1 heterocycles. The van der Waals surface area contributed by atoms with E-state index >= 15 is 0 Å². The fourth-order valence-corrected chi connectivity index (χ4v) is 8.22. The molecule has 2 aromatic carbocycles. The Morgan fingerprint density at radius 3 is 2.26 bits per heavy atom. The van der Waals surface area contributed by atoms with E-state index in [-0.39, 0.29) is 23.1 Å². The van der Waals surface area contributed by atoms with Crippen molar-refractivity contribution in [2.75, 3.05) is 24.4 Å². The minimum absolute atomic E-state index is 0. The second-order valence-electron chi connectivity index (χ2n) is 10.7. The summed E-state index contributed by atoms with van der Waals surface area (Å²) in [6, 6.07) is 13.0. The van der Waals surface area contributed by atoms with Gasteiger partial charge in [-0.05, 0) is 66.0 Å². The predicted octanol–water partition coefficient (Wildman–Crippen LogP) is 3.89. The van der Waals surface area contributed by atoms with Crippen molar-refractivity contribution in [1.82, 2.24) is 4.90 Å². The van der Waals surface area contributed by atoms with Crippen LogP contribution in [0.1, 0.15) is 42.9 Å². The molecule has 3 fully saturated rings. The van der Waals surface area contributed by atoms with E-state index in [4.69, 9.17) is 0 Å². The molecule has 0 spiro atoms. The summed E-state index contributed by atoms with van der Waals surface area (Å²) >= 11 is 0. The maximum absolute atomic E-state index is 14.5. The van der Waals surface area contributed by atoms with Crippen molar-refractivity contribution in [2.45, 2.75) is 55.3 Å². The zero-order valence-electron chi connectivity index (χ0n) is 19.3. The number of hydrogen-bond donors (Lipinski definition) is 2. The summed E-state index contributed by atoms with van der Waals surface area (Å²) in [6.07, 6.45) is 3.64. The van der Waals surface area contributed by atoms with Gasteiger partial charge in [0.1, 0.15) is 5.82 Å². The molecule has 1 unspecified atom stereocenters. The number of hydrogen-bond acceptors (Lipinski definition) is 4. The molecule has 0 radical (unpaired) electrons. The Bertz CT molecular complexity index is 1180. The summed E-state index contributed by atoms with van der Waals surface area (Å²) in [6.45, 7) is 4.57. The molecule has 1 aliphatic heterocycles. The molecule has 6 rings (SSSR count). The Kier molecular flexibility index (Phi) is 5.79. The fraction of sp³-hybridized carbons (Fsp3) is 0.538. The Balaban J connectivity index is 0.00000241. The van der Waals surface area contributed by atoms with Gasteiger partial charge in [-0.3, -0.25) is 9.62 Å². The Labute approximate surface area is 207 Å². The maximum atomic E-state index is 14.5. The molecule has 3 aliphatic carbocycles. The van der Waals surface area contributed by atoms with Gasteiger partial charge in [0.05, 0.1) is 16.5 Å².